The highest BCUT2D eigenvalue weighted by molar-refractivity contribution is 7.96. The van der Waals surface area contributed by atoms with Gasteiger partial charge in [-0.05, 0) is 11.1 Å². The monoisotopic (exact) mass is 193 g/mol. The van der Waals surface area contributed by atoms with Gasteiger partial charge in [-0.1, -0.05) is 49.5 Å². The Morgan fingerprint density at radius 1 is 1.46 bits per heavy atom. The van der Waals surface area contributed by atoms with E-state index in [1.807, 2.05) is 24.3 Å². The van der Waals surface area contributed by atoms with Crippen molar-refractivity contribution < 1.29 is 4.79 Å². The van der Waals surface area contributed by atoms with E-state index in [1.54, 1.807) is 6.08 Å². The van der Waals surface area contributed by atoms with E-state index in [-0.39, 0.29) is 5.24 Å². The first kappa shape index (κ1) is 9.86. The molecule has 1 rings (SSSR count). The van der Waals surface area contributed by atoms with E-state index < -0.39 is 0 Å². The molecule has 0 aromatic heterocycles. The standard InChI is InChI=1S/C10H11NOS/c1-2-8-3-5-9(6-4-8)7-11-10(12)13/h2-6H,1,7H2,(H2,11,12,13). The molecule has 0 saturated carbocycles. The van der Waals surface area contributed by atoms with Crippen molar-refractivity contribution >= 4 is 23.9 Å². The van der Waals surface area contributed by atoms with Gasteiger partial charge in [0.25, 0.3) is 5.24 Å². The van der Waals surface area contributed by atoms with Crippen LogP contribution >= 0.6 is 12.6 Å². The SMILES string of the molecule is C=Cc1ccc(CNC(=O)S)cc1. The molecule has 3 heteroatoms. The summed E-state index contributed by atoms with van der Waals surface area (Å²) < 4.78 is 0. The van der Waals surface area contributed by atoms with Gasteiger partial charge in [-0.3, -0.25) is 4.79 Å². The Labute approximate surface area is 83.1 Å². The minimum atomic E-state index is -0.312. The topological polar surface area (TPSA) is 29.1 Å². The molecule has 0 heterocycles. The number of amides is 1. The molecule has 0 aliphatic rings. The van der Waals surface area contributed by atoms with Gasteiger partial charge in [0.05, 0.1) is 0 Å². The molecule has 0 fully saturated rings. The average molecular weight is 193 g/mol. The number of rotatable bonds is 3. The highest BCUT2D eigenvalue weighted by atomic mass is 32.1. The molecule has 0 saturated heterocycles. The van der Waals surface area contributed by atoms with E-state index in [0.717, 1.165) is 11.1 Å². The second-order valence-electron chi connectivity index (χ2n) is 2.60. The van der Waals surface area contributed by atoms with Crippen LogP contribution in [-0.4, -0.2) is 5.24 Å². The lowest BCUT2D eigenvalue weighted by atomic mass is 10.1. The minimum Gasteiger partial charge on any atom is -0.343 e. The maximum atomic E-state index is 10.5. The van der Waals surface area contributed by atoms with Crippen molar-refractivity contribution in [1.29, 1.82) is 0 Å². The zero-order valence-corrected chi connectivity index (χ0v) is 8.05. The Morgan fingerprint density at radius 3 is 2.54 bits per heavy atom. The second kappa shape index (κ2) is 4.72. The van der Waals surface area contributed by atoms with Crippen molar-refractivity contribution in [1.82, 2.24) is 5.32 Å². The summed E-state index contributed by atoms with van der Waals surface area (Å²) >= 11 is 3.60. The third-order valence-electron chi connectivity index (χ3n) is 1.66. The molecule has 0 spiro atoms. The van der Waals surface area contributed by atoms with Crippen LogP contribution in [0.3, 0.4) is 0 Å². The highest BCUT2D eigenvalue weighted by Gasteiger charge is 1.94. The number of hydrogen-bond donors (Lipinski definition) is 2. The van der Waals surface area contributed by atoms with Crippen molar-refractivity contribution in [2.75, 3.05) is 0 Å². The molecular weight excluding hydrogens is 182 g/mol. The molecule has 0 radical (unpaired) electrons. The molecule has 0 atom stereocenters. The molecule has 2 nitrogen and oxygen atoms in total. The van der Waals surface area contributed by atoms with E-state index in [1.165, 1.54) is 0 Å². The van der Waals surface area contributed by atoms with Crippen LogP contribution in [-0.2, 0) is 6.54 Å². The first-order valence-electron chi connectivity index (χ1n) is 3.90. The van der Waals surface area contributed by atoms with E-state index in [9.17, 15) is 4.79 Å². The molecular formula is C10H11NOS. The Hall–Kier alpha value is -1.22. The van der Waals surface area contributed by atoms with Gasteiger partial charge in [0.2, 0.25) is 0 Å². The molecule has 1 amide bonds. The van der Waals surface area contributed by atoms with Crippen LogP contribution in [0.5, 0.6) is 0 Å². The summed E-state index contributed by atoms with van der Waals surface area (Å²) in [6, 6.07) is 7.79. The van der Waals surface area contributed by atoms with Crippen LogP contribution in [0.15, 0.2) is 30.8 Å². The van der Waals surface area contributed by atoms with Crippen LogP contribution < -0.4 is 5.32 Å². The van der Waals surface area contributed by atoms with E-state index in [0.29, 0.717) is 6.54 Å². The lowest BCUT2D eigenvalue weighted by Crippen LogP contribution is -2.15. The maximum absolute atomic E-state index is 10.5. The number of carbonyl (C=O) groups excluding carboxylic acids is 1. The number of hydrogen-bond acceptors (Lipinski definition) is 1. The largest absolute Gasteiger partial charge is 0.343 e. The predicted octanol–water partition coefficient (Wildman–Crippen LogP) is 2.47. The average Bonchev–Trinajstić information content (AvgIpc) is 2.15. The predicted molar refractivity (Wildman–Crippen MR) is 57.8 cm³/mol. The summed E-state index contributed by atoms with van der Waals surface area (Å²) in [6.07, 6.45) is 1.78. The summed E-state index contributed by atoms with van der Waals surface area (Å²) in [6.45, 7) is 4.17. The van der Waals surface area contributed by atoms with E-state index in [2.05, 4.69) is 24.5 Å². The smallest absolute Gasteiger partial charge is 0.276 e. The lowest BCUT2D eigenvalue weighted by Gasteiger charge is -2.01. The van der Waals surface area contributed by atoms with Crippen LogP contribution in [0.1, 0.15) is 11.1 Å². The van der Waals surface area contributed by atoms with Gasteiger partial charge in [-0.25, -0.2) is 0 Å². The molecule has 0 bridgehead atoms. The first-order chi connectivity index (χ1) is 6.22. The normalized spacial score (nSPS) is 9.31. The van der Waals surface area contributed by atoms with Gasteiger partial charge >= 0.3 is 0 Å². The van der Waals surface area contributed by atoms with Crippen molar-refractivity contribution in [3.63, 3.8) is 0 Å². The summed E-state index contributed by atoms with van der Waals surface area (Å²) in [4.78, 5) is 10.5. The molecule has 1 aromatic carbocycles. The van der Waals surface area contributed by atoms with E-state index >= 15 is 0 Å². The molecule has 68 valence electrons. The molecule has 13 heavy (non-hydrogen) atoms. The van der Waals surface area contributed by atoms with Crippen molar-refractivity contribution in [3.05, 3.63) is 42.0 Å². The molecule has 1 aromatic rings. The maximum Gasteiger partial charge on any atom is 0.276 e. The zero-order valence-electron chi connectivity index (χ0n) is 7.16. The van der Waals surface area contributed by atoms with Crippen molar-refractivity contribution in [2.24, 2.45) is 0 Å². The molecule has 1 N–H and O–H groups in total. The van der Waals surface area contributed by atoms with Gasteiger partial charge in [0.15, 0.2) is 0 Å². The van der Waals surface area contributed by atoms with Crippen molar-refractivity contribution in [2.45, 2.75) is 6.54 Å². The Bertz CT molecular complexity index is 305. The molecule has 0 aliphatic heterocycles. The fourth-order valence-electron chi connectivity index (χ4n) is 0.949. The van der Waals surface area contributed by atoms with Crippen molar-refractivity contribution in [3.8, 4) is 0 Å². The Balaban J connectivity index is 2.59. The number of benzene rings is 1. The lowest BCUT2D eigenvalue weighted by molar-refractivity contribution is 0.260. The van der Waals surface area contributed by atoms with Gasteiger partial charge in [-0.15, -0.1) is 0 Å². The number of thiol groups is 1. The summed E-state index contributed by atoms with van der Waals surface area (Å²) in [5, 5.41) is 2.29. The highest BCUT2D eigenvalue weighted by Crippen LogP contribution is 2.05. The Kier molecular flexibility index (Phi) is 3.58. The van der Waals surface area contributed by atoms with Gasteiger partial charge in [0.1, 0.15) is 0 Å². The summed E-state index contributed by atoms with van der Waals surface area (Å²) in [5.41, 5.74) is 2.12. The third-order valence-corrected chi connectivity index (χ3v) is 1.82. The van der Waals surface area contributed by atoms with Gasteiger partial charge in [0, 0.05) is 6.54 Å². The molecule has 0 aliphatic carbocycles. The summed E-state index contributed by atoms with van der Waals surface area (Å²) in [5.74, 6) is 0. The second-order valence-corrected chi connectivity index (χ2v) is 3.01. The Morgan fingerprint density at radius 2 is 2.08 bits per heavy atom. The summed E-state index contributed by atoms with van der Waals surface area (Å²) in [7, 11) is 0. The van der Waals surface area contributed by atoms with Crippen LogP contribution in [0.4, 0.5) is 4.79 Å². The minimum absolute atomic E-state index is 0.312. The number of nitrogens with one attached hydrogen (secondary N) is 1. The van der Waals surface area contributed by atoms with Crippen LogP contribution in [0.25, 0.3) is 6.08 Å². The third kappa shape index (κ3) is 3.34. The van der Waals surface area contributed by atoms with Gasteiger partial charge in [-0.2, -0.15) is 0 Å². The van der Waals surface area contributed by atoms with Crippen LogP contribution in [0.2, 0.25) is 0 Å². The van der Waals surface area contributed by atoms with Crippen LogP contribution in [0, 0.1) is 0 Å². The number of carbonyl (C=O) groups is 1. The zero-order chi connectivity index (χ0) is 9.68. The van der Waals surface area contributed by atoms with E-state index in [4.69, 9.17) is 0 Å². The fourth-order valence-corrected chi connectivity index (χ4v) is 1.03. The van der Waals surface area contributed by atoms with Gasteiger partial charge < -0.3 is 5.32 Å². The first-order valence-corrected chi connectivity index (χ1v) is 4.35. The fraction of sp³-hybridized carbons (Fsp3) is 0.100. The quantitative estimate of drug-likeness (QED) is 0.709. The molecule has 0 unspecified atom stereocenters.